The van der Waals surface area contributed by atoms with Gasteiger partial charge in [0.25, 0.3) is 0 Å². The second-order valence-corrected chi connectivity index (χ2v) is 8.85. The number of amides is 2. The van der Waals surface area contributed by atoms with Gasteiger partial charge in [-0.25, -0.2) is 4.98 Å². The molecule has 1 atom stereocenters. The first-order valence-electron chi connectivity index (χ1n) is 9.77. The van der Waals surface area contributed by atoms with Gasteiger partial charge in [0.15, 0.2) is 0 Å². The number of rotatable bonds is 5. The Hall–Kier alpha value is -2.70. The molecule has 0 radical (unpaired) electrons. The van der Waals surface area contributed by atoms with Crippen LogP contribution in [-0.2, 0) is 16.0 Å². The molecule has 1 fully saturated rings. The van der Waals surface area contributed by atoms with Gasteiger partial charge in [-0.1, -0.05) is 48.0 Å². The molecule has 30 heavy (non-hydrogen) atoms. The summed E-state index contributed by atoms with van der Waals surface area (Å²) < 4.78 is 0. The van der Waals surface area contributed by atoms with E-state index in [0.29, 0.717) is 23.7 Å². The zero-order valence-corrected chi connectivity index (χ0v) is 18.4. The largest absolute Gasteiger partial charge is 0.333 e. The Labute approximate surface area is 184 Å². The third-order valence-corrected chi connectivity index (χ3v) is 6.50. The van der Waals surface area contributed by atoms with E-state index in [0.717, 1.165) is 21.8 Å². The maximum absolute atomic E-state index is 12.9. The zero-order valence-electron chi connectivity index (χ0n) is 16.8. The van der Waals surface area contributed by atoms with E-state index in [-0.39, 0.29) is 18.2 Å². The number of halogens is 1. The molecule has 0 aliphatic carbocycles. The lowest BCUT2D eigenvalue weighted by atomic mass is 10.1. The van der Waals surface area contributed by atoms with Crippen molar-refractivity contribution in [2.45, 2.75) is 25.8 Å². The van der Waals surface area contributed by atoms with Crippen molar-refractivity contribution in [1.29, 1.82) is 0 Å². The minimum atomic E-state index is -0.467. The highest BCUT2D eigenvalue weighted by Gasteiger charge is 2.37. The van der Waals surface area contributed by atoms with Crippen molar-refractivity contribution in [3.8, 4) is 11.3 Å². The molecule has 2 heterocycles. The van der Waals surface area contributed by atoms with E-state index in [2.05, 4.69) is 4.98 Å². The van der Waals surface area contributed by atoms with Crippen LogP contribution in [0.2, 0.25) is 5.02 Å². The molecule has 2 aromatic carbocycles. The van der Waals surface area contributed by atoms with Crippen LogP contribution in [0.15, 0.2) is 53.9 Å². The fourth-order valence-electron chi connectivity index (χ4n) is 3.70. The van der Waals surface area contributed by atoms with Crippen molar-refractivity contribution in [2.75, 3.05) is 18.5 Å². The van der Waals surface area contributed by atoms with Crippen LogP contribution in [0.25, 0.3) is 11.3 Å². The van der Waals surface area contributed by atoms with E-state index in [1.54, 1.807) is 34.3 Å². The van der Waals surface area contributed by atoms with Gasteiger partial charge in [-0.15, -0.1) is 11.3 Å². The monoisotopic (exact) mass is 439 g/mol. The summed E-state index contributed by atoms with van der Waals surface area (Å²) in [5.41, 5.74) is 3.59. The van der Waals surface area contributed by atoms with Crippen LogP contribution in [0.3, 0.4) is 0 Å². The first kappa shape index (κ1) is 20.6. The fraction of sp³-hybridized carbons (Fsp3) is 0.261. The molecular weight excluding hydrogens is 418 g/mol. The van der Waals surface area contributed by atoms with Crippen molar-refractivity contribution >= 4 is 40.4 Å². The highest BCUT2D eigenvalue weighted by atomic mass is 35.5. The first-order valence-corrected chi connectivity index (χ1v) is 11.0. The number of anilines is 1. The van der Waals surface area contributed by atoms with Gasteiger partial charge in [0.05, 0.1) is 27.8 Å². The number of hydrogen-bond acceptors (Lipinski definition) is 4. The van der Waals surface area contributed by atoms with Crippen LogP contribution in [0, 0.1) is 6.92 Å². The zero-order chi connectivity index (χ0) is 21.3. The molecule has 0 bridgehead atoms. The van der Waals surface area contributed by atoms with Crippen molar-refractivity contribution in [1.82, 2.24) is 9.88 Å². The van der Waals surface area contributed by atoms with Crippen LogP contribution in [0.4, 0.5) is 5.69 Å². The van der Waals surface area contributed by atoms with E-state index in [4.69, 9.17) is 11.6 Å². The molecular formula is C23H22ClN3O2S. The average molecular weight is 440 g/mol. The third kappa shape index (κ3) is 4.11. The molecule has 154 valence electrons. The Kier molecular flexibility index (Phi) is 5.88. The number of thiazole rings is 1. The van der Waals surface area contributed by atoms with Gasteiger partial charge in [0.1, 0.15) is 6.04 Å². The fourth-order valence-corrected chi connectivity index (χ4v) is 4.56. The average Bonchev–Trinajstić information content (AvgIpc) is 3.34. The quantitative estimate of drug-likeness (QED) is 0.584. The normalized spacial score (nSPS) is 16.2. The van der Waals surface area contributed by atoms with Crippen molar-refractivity contribution in [3.63, 3.8) is 0 Å². The summed E-state index contributed by atoms with van der Waals surface area (Å²) >= 11 is 7.86. The minimum Gasteiger partial charge on any atom is -0.333 e. The molecule has 1 unspecified atom stereocenters. The topological polar surface area (TPSA) is 53.5 Å². The van der Waals surface area contributed by atoms with Crippen molar-refractivity contribution in [2.24, 2.45) is 0 Å². The lowest BCUT2D eigenvalue weighted by Gasteiger charge is -2.24. The van der Waals surface area contributed by atoms with E-state index in [1.165, 1.54) is 0 Å². The van der Waals surface area contributed by atoms with E-state index < -0.39 is 6.04 Å². The third-order valence-electron chi connectivity index (χ3n) is 5.41. The van der Waals surface area contributed by atoms with Gasteiger partial charge in [-0.2, -0.15) is 0 Å². The second kappa shape index (κ2) is 8.58. The van der Waals surface area contributed by atoms with Crippen LogP contribution in [0.1, 0.15) is 17.0 Å². The molecule has 1 aromatic heterocycles. The van der Waals surface area contributed by atoms with Crippen molar-refractivity contribution in [3.05, 3.63) is 69.5 Å². The van der Waals surface area contributed by atoms with Crippen molar-refractivity contribution < 1.29 is 9.59 Å². The minimum absolute atomic E-state index is 0.0772. The summed E-state index contributed by atoms with van der Waals surface area (Å²) in [5.74, 6) is -0.167. The molecule has 1 aliphatic heterocycles. The Morgan fingerprint density at radius 2 is 1.97 bits per heavy atom. The molecule has 1 saturated heterocycles. The maximum atomic E-state index is 12.9. The highest BCUT2D eigenvalue weighted by Crippen LogP contribution is 2.30. The summed E-state index contributed by atoms with van der Waals surface area (Å²) in [6.07, 6.45) is 0.844. The SMILES string of the molecule is Cc1nc(-c2ccc(CC(=O)N(C)C3CCN(c4ccccc4Cl)C3=O)cc2)cs1. The Morgan fingerprint density at radius 3 is 2.63 bits per heavy atom. The molecule has 5 nitrogen and oxygen atoms in total. The molecule has 2 amide bonds. The summed E-state index contributed by atoms with van der Waals surface area (Å²) in [5, 5.41) is 3.59. The predicted molar refractivity (Wildman–Crippen MR) is 121 cm³/mol. The Bertz CT molecular complexity index is 1080. The van der Waals surface area contributed by atoms with Gasteiger partial charge in [0, 0.05) is 24.5 Å². The summed E-state index contributed by atoms with van der Waals surface area (Å²) in [6.45, 7) is 2.53. The standard InChI is InChI=1S/C23H22ClN3O2S/c1-15-25-19(14-30-15)17-9-7-16(8-10-17)13-22(28)26(2)21-11-12-27(23(21)29)20-6-4-3-5-18(20)24/h3-10,14,21H,11-13H2,1-2H3. The van der Waals surface area contributed by atoms with E-state index in [1.807, 2.05) is 54.8 Å². The number of benzene rings is 2. The number of carbonyl (C=O) groups excluding carboxylic acids is 2. The number of aryl methyl sites for hydroxylation is 1. The van der Waals surface area contributed by atoms with E-state index >= 15 is 0 Å². The van der Waals surface area contributed by atoms with E-state index in [9.17, 15) is 9.59 Å². The lowest BCUT2D eigenvalue weighted by Crippen LogP contribution is -2.43. The molecule has 0 N–H and O–H groups in total. The smallest absolute Gasteiger partial charge is 0.249 e. The molecule has 0 saturated carbocycles. The first-order chi connectivity index (χ1) is 14.4. The van der Waals surface area contributed by atoms with Gasteiger partial charge in [0.2, 0.25) is 11.8 Å². The highest BCUT2D eigenvalue weighted by molar-refractivity contribution is 7.09. The molecule has 4 rings (SSSR count). The summed E-state index contributed by atoms with van der Waals surface area (Å²) in [4.78, 5) is 33.5. The number of aromatic nitrogens is 1. The number of likely N-dealkylation sites (N-methyl/N-ethyl adjacent to an activating group) is 1. The number of hydrogen-bond donors (Lipinski definition) is 0. The van der Waals surface area contributed by atoms with Crippen LogP contribution in [0.5, 0.6) is 0 Å². The number of carbonyl (C=O) groups is 2. The van der Waals surface area contributed by atoms with Gasteiger partial charge >= 0.3 is 0 Å². The number of nitrogens with zero attached hydrogens (tertiary/aromatic N) is 3. The second-order valence-electron chi connectivity index (χ2n) is 7.38. The molecule has 1 aliphatic rings. The lowest BCUT2D eigenvalue weighted by molar-refractivity contribution is -0.136. The summed E-state index contributed by atoms with van der Waals surface area (Å²) in [7, 11) is 1.70. The number of para-hydroxylation sites is 1. The Morgan fingerprint density at radius 1 is 1.23 bits per heavy atom. The van der Waals surface area contributed by atoms with Crippen LogP contribution >= 0.6 is 22.9 Å². The molecule has 3 aromatic rings. The van der Waals surface area contributed by atoms with Crippen LogP contribution < -0.4 is 4.90 Å². The predicted octanol–water partition coefficient (Wildman–Crippen LogP) is 4.58. The summed E-state index contributed by atoms with van der Waals surface area (Å²) in [6, 6.07) is 14.7. The Balaban J connectivity index is 1.41. The van der Waals surface area contributed by atoms with Gasteiger partial charge < -0.3 is 9.80 Å². The van der Waals surface area contributed by atoms with Gasteiger partial charge in [-0.05, 0) is 31.0 Å². The maximum Gasteiger partial charge on any atom is 0.249 e. The molecule has 7 heteroatoms. The van der Waals surface area contributed by atoms with Gasteiger partial charge in [-0.3, -0.25) is 9.59 Å². The van der Waals surface area contributed by atoms with Crippen LogP contribution in [-0.4, -0.2) is 41.3 Å². The molecule has 0 spiro atoms.